The number of nitrogens with one attached hydrogen (secondary N) is 1. The van der Waals surface area contributed by atoms with Crippen molar-refractivity contribution in [2.24, 2.45) is 7.05 Å². The standard InChI is InChI=1S/C17H17N5O2S/c1-3-4-9-22-13-12(16(23)21(2)17(24)20-13)19-14(22)15-18-10-7-5-6-8-11(10)25-15/h5-8H,3-4,9H2,1-2H3,(H,20,24). The van der Waals surface area contributed by atoms with Crippen LogP contribution in [-0.4, -0.2) is 24.1 Å². The molecule has 1 aromatic carbocycles. The lowest BCUT2D eigenvalue weighted by atomic mass is 10.3. The molecule has 0 unspecified atom stereocenters. The highest BCUT2D eigenvalue weighted by Gasteiger charge is 2.19. The highest BCUT2D eigenvalue weighted by Crippen LogP contribution is 2.30. The molecule has 0 spiro atoms. The second kappa shape index (κ2) is 5.96. The summed E-state index contributed by atoms with van der Waals surface area (Å²) in [5.74, 6) is 0.628. The van der Waals surface area contributed by atoms with Gasteiger partial charge in [0.2, 0.25) is 0 Å². The van der Waals surface area contributed by atoms with Gasteiger partial charge in [-0.25, -0.2) is 14.8 Å². The summed E-state index contributed by atoms with van der Waals surface area (Å²) in [6.07, 6.45) is 1.91. The molecule has 0 saturated heterocycles. The van der Waals surface area contributed by atoms with Crippen LogP contribution in [0, 0.1) is 0 Å². The van der Waals surface area contributed by atoms with E-state index in [0.717, 1.165) is 32.6 Å². The van der Waals surface area contributed by atoms with Crippen molar-refractivity contribution >= 4 is 32.7 Å². The maximum Gasteiger partial charge on any atom is 0.329 e. The molecule has 4 rings (SSSR count). The molecule has 0 aliphatic carbocycles. The van der Waals surface area contributed by atoms with E-state index in [1.165, 1.54) is 18.4 Å². The first-order valence-electron chi connectivity index (χ1n) is 8.15. The summed E-state index contributed by atoms with van der Waals surface area (Å²) in [5.41, 5.74) is 0.809. The fourth-order valence-corrected chi connectivity index (χ4v) is 3.79. The van der Waals surface area contributed by atoms with Gasteiger partial charge in [0.25, 0.3) is 5.56 Å². The molecule has 7 nitrogen and oxygen atoms in total. The van der Waals surface area contributed by atoms with Crippen LogP contribution < -0.4 is 11.2 Å². The first-order chi connectivity index (χ1) is 12.1. The highest BCUT2D eigenvalue weighted by molar-refractivity contribution is 7.21. The molecule has 0 atom stereocenters. The Balaban J connectivity index is 2.03. The zero-order valence-electron chi connectivity index (χ0n) is 13.9. The SMILES string of the molecule is CCCCn1c(-c2nc3ccccc3s2)nc2c(=O)n(C)c(=O)[nH]c21. The number of benzene rings is 1. The molecule has 0 saturated carbocycles. The van der Waals surface area contributed by atoms with Gasteiger partial charge in [0.05, 0.1) is 10.2 Å². The molecule has 1 N–H and O–H groups in total. The number of fused-ring (bicyclic) bond motifs is 2. The Kier molecular flexibility index (Phi) is 3.76. The number of unbranched alkanes of at least 4 members (excludes halogenated alkanes) is 1. The van der Waals surface area contributed by atoms with Crippen molar-refractivity contribution in [3.63, 3.8) is 0 Å². The van der Waals surface area contributed by atoms with Gasteiger partial charge in [-0.05, 0) is 18.6 Å². The topological polar surface area (TPSA) is 85.6 Å². The van der Waals surface area contributed by atoms with Crippen LogP contribution in [0.3, 0.4) is 0 Å². The average Bonchev–Trinajstić information content (AvgIpc) is 3.19. The second-order valence-corrected chi connectivity index (χ2v) is 6.95. The maximum atomic E-state index is 12.4. The van der Waals surface area contributed by atoms with E-state index in [2.05, 4.69) is 21.9 Å². The summed E-state index contributed by atoms with van der Waals surface area (Å²) in [5, 5.41) is 0.747. The molecule has 4 aromatic rings. The van der Waals surface area contributed by atoms with E-state index >= 15 is 0 Å². The van der Waals surface area contributed by atoms with Gasteiger partial charge >= 0.3 is 5.69 Å². The Morgan fingerprint density at radius 1 is 1.20 bits per heavy atom. The van der Waals surface area contributed by atoms with Crippen LogP contribution >= 0.6 is 11.3 Å². The Morgan fingerprint density at radius 2 is 2.00 bits per heavy atom. The number of aromatic amines is 1. The number of hydrogen-bond acceptors (Lipinski definition) is 5. The minimum Gasteiger partial charge on any atom is -0.308 e. The maximum absolute atomic E-state index is 12.4. The molecule has 0 amide bonds. The van der Waals surface area contributed by atoms with Crippen molar-refractivity contribution in [3.05, 3.63) is 45.1 Å². The van der Waals surface area contributed by atoms with E-state index in [-0.39, 0.29) is 5.52 Å². The summed E-state index contributed by atoms with van der Waals surface area (Å²) in [4.78, 5) is 36.4. The zero-order valence-corrected chi connectivity index (χ0v) is 14.8. The monoisotopic (exact) mass is 355 g/mol. The number of hydrogen-bond donors (Lipinski definition) is 1. The summed E-state index contributed by atoms with van der Waals surface area (Å²) >= 11 is 1.53. The number of H-pyrrole nitrogens is 1. The van der Waals surface area contributed by atoms with Crippen LogP contribution in [0.4, 0.5) is 0 Å². The van der Waals surface area contributed by atoms with Crippen LogP contribution in [0.1, 0.15) is 19.8 Å². The number of imidazole rings is 1. The first-order valence-corrected chi connectivity index (χ1v) is 8.97. The van der Waals surface area contributed by atoms with Gasteiger partial charge in [-0.2, -0.15) is 0 Å². The molecule has 128 valence electrons. The molecular formula is C17H17N5O2S. The van der Waals surface area contributed by atoms with Crippen LogP contribution in [-0.2, 0) is 13.6 Å². The van der Waals surface area contributed by atoms with E-state index in [9.17, 15) is 9.59 Å². The number of rotatable bonds is 4. The van der Waals surface area contributed by atoms with Crippen LogP contribution in [0.15, 0.2) is 33.9 Å². The van der Waals surface area contributed by atoms with Gasteiger partial charge in [-0.15, -0.1) is 11.3 Å². The Bertz CT molecular complexity index is 1160. The van der Waals surface area contributed by atoms with E-state index in [1.807, 2.05) is 28.8 Å². The summed E-state index contributed by atoms with van der Waals surface area (Å²) in [6.45, 7) is 2.76. The summed E-state index contributed by atoms with van der Waals surface area (Å²) in [6, 6.07) is 7.88. The normalized spacial score (nSPS) is 11.6. The Hall–Kier alpha value is -2.74. The quantitative estimate of drug-likeness (QED) is 0.609. The molecule has 8 heteroatoms. The third-order valence-corrected chi connectivity index (χ3v) is 5.26. The average molecular weight is 355 g/mol. The molecule has 0 aliphatic heterocycles. The van der Waals surface area contributed by atoms with E-state index in [1.54, 1.807) is 0 Å². The first kappa shape index (κ1) is 15.8. The van der Waals surface area contributed by atoms with Gasteiger partial charge < -0.3 is 4.57 Å². The number of aromatic nitrogens is 5. The van der Waals surface area contributed by atoms with Gasteiger partial charge in [0.1, 0.15) is 5.65 Å². The van der Waals surface area contributed by atoms with E-state index in [0.29, 0.717) is 18.0 Å². The molecule has 0 fully saturated rings. The molecule has 3 heterocycles. The van der Waals surface area contributed by atoms with Crippen molar-refractivity contribution < 1.29 is 0 Å². The van der Waals surface area contributed by atoms with Crippen LogP contribution in [0.5, 0.6) is 0 Å². The fourth-order valence-electron chi connectivity index (χ4n) is 2.83. The van der Waals surface area contributed by atoms with Crippen molar-refractivity contribution in [1.29, 1.82) is 0 Å². The van der Waals surface area contributed by atoms with Crippen molar-refractivity contribution in [1.82, 2.24) is 24.1 Å². The van der Waals surface area contributed by atoms with Gasteiger partial charge in [0, 0.05) is 13.6 Å². The Labute approximate surface area is 146 Å². The van der Waals surface area contributed by atoms with Crippen LogP contribution in [0.2, 0.25) is 0 Å². The lowest BCUT2D eigenvalue weighted by Gasteiger charge is -2.06. The lowest BCUT2D eigenvalue weighted by molar-refractivity contribution is 0.644. The van der Waals surface area contributed by atoms with Crippen molar-refractivity contribution in [2.75, 3.05) is 0 Å². The Morgan fingerprint density at radius 3 is 2.76 bits per heavy atom. The minimum absolute atomic E-state index is 0.271. The second-order valence-electron chi connectivity index (χ2n) is 5.92. The zero-order chi connectivity index (χ0) is 17.6. The number of aryl methyl sites for hydroxylation is 1. The molecular weight excluding hydrogens is 338 g/mol. The number of thiazole rings is 1. The van der Waals surface area contributed by atoms with Crippen molar-refractivity contribution in [3.8, 4) is 10.8 Å². The van der Waals surface area contributed by atoms with Crippen LogP contribution in [0.25, 0.3) is 32.2 Å². The molecule has 25 heavy (non-hydrogen) atoms. The minimum atomic E-state index is -0.439. The third-order valence-electron chi connectivity index (χ3n) is 4.23. The van der Waals surface area contributed by atoms with Gasteiger partial charge in [-0.1, -0.05) is 25.5 Å². The smallest absolute Gasteiger partial charge is 0.308 e. The van der Waals surface area contributed by atoms with Gasteiger partial charge in [-0.3, -0.25) is 14.3 Å². The molecule has 3 aromatic heterocycles. The predicted molar refractivity (Wildman–Crippen MR) is 99.1 cm³/mol. The predicted octanol–water partition coefficient (Wildman–Crippen LogP) is 2.50. The molecule has 0 radical (unpaired) electrons. The lowest BCUT2D eigenvalue weighted by Crippen LogP contribution is -2.32. The van der Waals surface area contributed by atoms with Gasteiger partial charge in [0.15, 0.2) is 16.3 Å². The third kappa shape index (κ3) is 2.49. The highest BCUT2D eigenvalue weighted by atomic mass is 32.1. The number of nitrogens with zero attached hydrogens (tertiary/aromatic N) is 4. The largest absolute Gasteiger partial charge is 0.329 e. The molecule has 0 aliphatic rings. The molecule has 0 bridgehead atoms. The van der Waals surface area contributed by atoms with Crippen molar-refractivity contribution in [2.45, 2.75) is 26.3 Å². The fraction of sp³-hybridized carbons (Fsp3) is 0.294. The summed E-state index contributed by atoms with van der Waals surface area (Å²) < 4.78 is 4.01. The van der Waals surface area contributed by atoms with E-state index < -0.39 is 11.2 Å². The number of para-hydroxylation sites is 1. The summed E-state index contributed by atoms with van der Waals surface area (Å²) in [7, 11) is 1.45. The van der Waals surface area contributed by atoms with E-state index in [4.69, 9.17) is 0 Å².